The van der Waals surface area contributed by atoms with Gasteiger partial charge in [0, 0.05) is 23.4 Å². The molecule has 0 saturated heterocycles. The van der Waals surface area contributed by atoms with Gasteiger partial charge in [0.2, 0.25) is 0 Å². The number of aliphatic imine (C=N–C) groups is 1. The SMILES string of the molecule is CCCC(=O)C1(c2cc(Cl)ccc2C)CCCCC(CCOC2=CN=C(C(C)S(C)(=O)=O)CCC=C2)CC1. The first-order valence-electron chi connectivity index (χ1n) is 14.1. The Balaban J connectivity index is 1.70. The van der Waals surface area contributed by atoms with Gasteiger partial charge in [0.15, 0.2) is 9.84 Å². The van der Waals surface area contributed by atoms with Crippen LogP contribution in [0.4, 0.5) is 0 Å². The van der Waals surface area contributed by atoms with Crippen molar-refractivity contribution in [3.63, 3.8) is 0 Å². The minimum atomic E-state index is -3.19. The second-order valence-corrected chi connectivity index (χ2v) is 13.9. The molecule has 2 aliphatic rings. The van der Waals surface area contributed by atoms with Crippen molar-refractivity contribution in [3.05, 3.63) is 58.5 Å². The van der Waals surface area contributed by atoms with Crippen LogP contribution in [0.5, 0.6) is 0 Å². The molecule has 0 amide bonds. The van der Waals surface area contributed by atoms with Gasteiger partial charge in [-0.25, -0.2) is 8.42 Å². The molecule has 0 aromatic heterocycles. The van der Waals surface area contributed by atoms with Gasteiger partial charge in [-0.05, 0) is 94.0 Å². The number of benzene rings is 1. The zero-order valence-electron chi connectivity index (χ0n) is 23.5. The van der Waals surface area contributed by atoms with Crippen molar-refractivity contribution < 1.29 is 17.9 Å². The summed E-state index contributed by atoms with van der Waals surface area (Å²) in [6.07, 6.45) is 16.6. The first-order chi connectivity index (χ1) is 18.1. The Morgan fingerprint density at radius 2 is 2.03 bits per heavy atom. The number of nitrogens with zero attached hydrogens (tertiary/aromatic N) is 1. The second-order valence-electron chi connectivity index (χ2n) is 11.1. The molecule has 38 heavy (non-hydrogen) atoms. The summed E-state index contributed by atoms with van der Waals surface area (Å²) in [5, 5.41) is 0.0961. The molecule has 1 aliphatic heterocycles. The minimum Gasteiger partial charge on any atom is -0.492 e. The van der Waals surface area contributed by atoms with Crippen LogP contribution in [0.3, 0.4) is 0 Å². The lowest BCUT2D eigenvalue weighted by molar-refractivity contribution is -0.125. The predicted molar refractivity (Wildman–Crippen MR) is 158 cm³/mol. The van der Waals surface area contributed by atoms with Crippen molar-refractivity contribution in [3.8, 4) is 0 Å². The van der Waals surface area contributed by atoms with E-state index in [0.717, 1.165) is 68.9 Å². The number of hydrogen-bond donors (Lipinski definition) is 0. The molecule has 1 fully saturated rings. The average molecular weight is 562 g/mol. The number of Topliss-reactive ketones (excluding diaryl/α,β-unsaturated/α-hetero) is 1. The molecule has 1 heterocycles. The highest BCUT2D eigenvalue weighted by atomic mass is 35.5. The van der Waals surface area contributed by atoms with Gasteiger partial charge in [0.25, 0.3) is 0 Å². The van der Waals surface area contributed by atoms with Gasteiger partial charge in [-0.1, -0.05) is 49.9 Å². The zero-order chi connectivity index (χ0) is 27.8. The third kappa shape index (κ3) is 8.05. The maximum Gasteiger partial charge on any atom is 0.155 e. The monoisotopic (exact) mass is 561 g/mol. The minimum absolute atomic E-state index is 0.351. The average Bonchev–Trinajstić information content (AvgIpc) is 2.83. The zero-order valence-corrected chi connectivity index (χ0v) is 25.0. The number of rotatable bonds is 10. The fraction of sp³-hybridized carbons (Fsp3) is 0.613. The third-order valence-corrected chi connectivity index (χ3v) is 10.1. The molecule has 0 N–H and O–H groups in total. The Labute approximate surface area is 234 Å². The fourth-order valence-electron chi connectivity index (χ4n) is 5.81. The summed E-state index contributed by atoms with van der Waals surface area (Å²) in [6.45, 7) is 6.43. The molecule has 1 saturated carbocycles. The fourth-order valence-corrected chi connectivity index (χ4v) is 6.66. The van der Waals surface area contributed by atoms with Crippen LogP contribution in [0.15, 0.2) is 47.3 Å². The van der Waals surface area contributed by atoms with E-state index in [9.17, 15) is 13.2 Å². The van der Waals surface area contributed by atoms with E-state index in [-0.39, 0.29) is 0 Å². The summed E-state index contributed by atoms with van der Waals surface area (Å²) >= 11 is 6.42. The van der Waals surface area contributed by atoms with Gasteiger partial charge in [-0.2, -0.15) is 0 Å². The van der Waals surface area contributed by atoms with Crippen molar-refractivity contribution in [2.45, 2.75) is 102 Å². The van der Waals surface area contributed by atoms with E-state index >= 15 is 0 Å². The summed E-state index contributed by atoms with van der Waals surface area (Å²) in [7, 11) is -3.19. The lowest BCUT2D eigenvalue weighted by Gasteiger charge is -2.38. The van der Waals surface area contributed by atoms with Crippen LogP contribution in [0, 0.1) is 12.8 Å². The van der Waals surface area contributed by atoms with E-state index in [4.69, 9.17) is 16.3 Å². The summed E-state index contributed by atoms with van der Waals surface area (Å²) in [6, 6.07) is 5.98. The predicted octanol–water partition coefficient (Wildman–Crippen LogP) is 7.70. The van der Waals surface area contributed by atoms with Crippen LogP contribution < -0.4 is 0 Å². The molecule has 3 atom stereocenters. The normalized spacial score (nSPS) is 23.8. The number of hydrogen-bond acceptors (Lipinski definition) is 5. The highest BCUT2D eigenvalue weighted by Crippen LogP contribution is 2.43. The van der Waals surface area contributed by atoms with Crippen LogP contribution in [-0.2, 0) is 24.8 Å². The standard InChI is InChI=1S/C31H44ClNO4S/c1-5-10-30(34)31(28-21-26(32)15-14-23(28)2)18-9-8-11-25(16-19-31)17-20-37-27-12-6-7-13-29(33-22-27)24(3)38(4,35)36/h6,12,14-15,21-22,24-25H,5,7-11,13,16-20H2,1-4H3. The Hall–Kier alpha value is -1.92. The molecule has 0 bridgehead atoms. The Morgan fingerprint density at radius 1 is 1.24 bits per heavy atom. The number of carbonyl (C=O) groups excluding carboxylic acids is 1. The van der Waals surface area contributed by atoms with Crippen LogP contribution in [0.25, 0.3) is 0 Å². The first kappa shape index (κ1) is 30.6. The highest BCUT2D eigenvalue weighted by Gasteiger charge is 2.40. The van der Waals surface area contributed by atoms with Crippen molar-refractivity contribution in [1.82, 2.24) is 0 Å². The van der Waals surface area contributed by atoms with E-state index in [1.807, 2.05) is 30.4 Å². The Morgan fingerprint density at radius 3 is 2.76 bits per heavy atom. The van der Waals surface area contributed by atoms with Gasteiger partial charge >= 0.3 is 0 Å². The molecular weight excluding hydrogens is 518 g/mol. The van der Waals surface area contributed by atoms with Crippen molar-refractivity contribution >= 4 is 32.9 Å². The van der Waals surface area contributed by atoms with E-state index < -0.39 is 20.5 Å². The summed E-state index contributed by atoms with van der Waals surface area (Å²) in [5.74, 6) is 1.49. The smallest absolute Gasteiger partial charge is 0.155 e. The summed E-state index contributed by atoms with van der Waals surface area (Å²) in [4.78, 5) is 18.1. The van der Waals surface area contributed by atoms with E-state index in [0.29, 0.717) is 47.6 Å². The number of ether oxygens (including phenoxy) is 1. The van der Waals surface area contributed by atoms with E-state index in [2.05, 4.69) is 18.8 Å². The molecule has 0 spiro atoms. The van der Waals surface area contributed by atoms with Crippen molar-refractivity contribution in [1.29, 1.82) is 0 Å². The van der Waals surface area contributed by atoms with Crippen LogP contribution in [0.1, 0.15) is 95.6 Å². The van der Waals surface area contributed by atoms with E-state index in [1.54, 1.807) is 13.1 Å². The second kappa shape index (κ2) is 13.9. The van der Waals surface area contributed by atoms with Gasteiger partial charge in [-0.15, -0.1) is 0 Å². The first-order valence-corrected chi connectivity index (χ1v) is 16.4. The maximum absolute atomic E-state index is 13.6. The largest absolute Gasteiger partial charge is 0.492 e. The Kier molecular flexibility index (Phi) is 11.2. The van der Waals surface area contributed by atoms with Crippen LogP contribution >= 0.6 is 11.6 Å². The van der Waals surface area contributed by atoms with Crippen molar-refractivity contribution in [2.24, 2.45) is 10.9 Å². The molecule has 1 aromatic rings. The van der Waals surface area contributed by atoms with Gasteiger partial charge in [0.1, 0.15) is 11.5 Å². The lowest BCUT2D eigenvalue weighted by atomic mass is 9.65. The van der Waals surface area contributed by atoms with Crippen LogP contribution in [-0.4, -0.2) is 38.0 Å². The number of halogens is 1. The summed E-state index contributed by atoms with van der Waals surface area (Å²) in [5.41, 5.74) is 2.47. The molecule has 1 aliphatic carbocycles. The molecule has 1 aromatic carbocycles. The number of carbonyl (C=O) groups is 1. The molecular formula is C31H44ClNO4S. The topological polar surface area (TPSA) is 72.8 Å². The lowest BCUT2D eigenvalue weighted by Crippen LogP contribution is -2.38. The molecule has 7 heteroatoms. The number of aryl methyl sites for hydroxylation is 1. The summed E-state index contributed by atoms with van der Waals surface area (Å²) < 4.78 is 30.1. The molecule has 3 unspecified atom stereocenters. The number of sulfone groups is 1. The molecule has 0 radical (unpaired) electrons. The third-order valence-electron chi connectivity index (χ3n) is 8.28. The van der Waals surface area contributed by atoms with Gasteiger partial charge in [0.05, 0.1) is 23.5 Å². The number of ketones is 1. The van der Waals surface area contributed by atoms with Gasteiger partial charge < -0.3 is 4.74 Å². The maximum atomic E-state index is 13.6. The highest BCUT2D eigenvalue weighted by molar-refractivity contribution is 7.92. The Bertz CT molecular complexity index is 1170. The quantitative estimate of drug-likeness (QED) is 0.293. The molecule has 5 nitrogen and oxygen atoms in total. The van der Waals surface area contributed by atoms with Crippen LogP contribution in [0.2, 0.25) is 5.02 Å². The number of allylic oxidation sites excluding steroid dienone is 2. The van der Waals surface area contributed by atoms with Crippen molar-refractivity contribution in [2.75, 3.05) is 12.9 Å². The van der Waals surface area contributed by atoms with E-state index in [1.165, 1.54) is 6.26 Å². The molecule has 3 rings (SSSR count). The molecule has 210 valence electrons. The van der Waals surface area contributed by atoms with Gasteiger partial charge in [-0.3, -0.25) is 9.79 Å².